The van der Waals surface area contributed by atoms with Crippen molar-refractivity contribution in [3.8, 4) is 0 Å². The van der Waals surface area contributed by atoms with E-state index in [0.717, 1.165) is 17.2 Å². The van der Waals surface area contributed by atoms with Gasteiger partial charge in [-0.05, 0) is 64.0 Å². The van der Waals surface area contributed by atoms with Crippen molar-refractivity contribution in [3.63, 3.8) is 0 Å². The van der Waals surface area contributed by atoms with E-state index in [2.05, 4.69) is 42.4 Å². The first-order valence-electron chi connectivity index (χ1n) is 9.75. The second kappa shape index (κ2) is 13.5. The zero-order chi connectivity index (χ0) is 21.1. The summed E-state index contributed by atoms with van der Waals surface area (Å²) in [7, 11) is 0. The maximum Gasteiger partial charge on any atom is 0.333 e. The highest BCUT2D eigenvalue weighted by molar-refractivity contribution is 8.01. The number of aliphatic hydroxyl groups is 1. The highest BCUT2D eigenvalue weighted by atomic mass is 32.2. The second-order valence-electron chi connectivity index (χ2n) is 6.78. The predicted octanol–water partition coefficient (Wildman–Crippen LogP) is 4.29. The monoisotopic (exact) mass is 447 g/mol. The number of carbonyl (C=O) groups is 1. The number of ether oxygens (including phenoxy) is 1. The van der Waals surface area contributed by atoms with Crippen LogP contribution in [0.3, 0.4) is 0 Å². The molecule has 1 fully saturated rings. The van der Waals surface area contributed by atoms with Crippen LogP contribution in [0.4, 0.5) is 0 Å². The Morgan fingerprint density at radius 2 is 2.04 bits per heavy atom. The van der Waals surface area contributed by atoms with Gasteiger partial charge in [-0.2, -0.15) is 5.10 Å². The van der Waals surface area contributed by atoms with Crippen molar-refractivity contribution >= 4 is 41.3 Å². The fraction of sp³-hybridized carbons (Fsp3) is 0.737. The van der Waals surface area contributed by atoms with Crippen molar-refractivity contribution in [1.29, 1.82) is 0 Å². The molecule has 9 heteroatoms. The molecule has 160 valence electrons. The summed E-state index contributed by atoms with van der Waals surface area (Å²) in [5.41, 5.74) is 0.410. The van der Waals surface area contributed by atoms with E-state index in [1.54, 1.807) is 6.92 Å². The van der Waals surface area contributed by atoms with Crippen molar-refractivity contribution in [2.45, 2.75) is 62.7 Å². The van der Waals surface area contributed by atoms with Crippen molar-refractivity contribution in [2.75, 3.05) is 26.2 Å². The van der Waals surface area contributed by atoms with Crippen LogP contribution in [0.15, 0.2) is 16.5 Å². The summed E-state index contributed by atoms with van der Waals surface area (Å²) in [6, 6.07) is 0. The fourth-order valence-electron chi connectivity index (χ4n) is 2.86. The lowest BCUT2D eigenvalue weighted by Crippen LogP contribution is -2.33. The lowest BCUT2D eigenvalue weighted by molar-refractivity contribution is -0.140. The molecule has 2 N–H and O–H groups in total. The average Bonchev–Trinajstić information content (AvgIpc) is 3.08. The van der Waals surface area contributed by atoms with Gasteiger partial charge in [-0.3, -0.25) is 5.10 Å². The van der Waals surface area contributed by atoms with Crippen LogP contribution in [0.25, 0.3) is 0 Å². The van der Waals surface area contributed by atoms with Crippen molar-refractivity contribution in [3.05, 3.63) is 16.1 Å². The Hall–Kier alpha value is -0.740. The van der Waals surface area contributed by atoms with Gasteiger partial charge in [0.1, 0.15) is 0 Å². The minimum Gasteiger partial charge on any atom is -0.462 e. The Balaban J connectivity index is 0.000000480. The smallest absolute Gasteiger partial charge is 0.333 e. The molecule has 1 aliphatic carbocycles. The van der Waals surface area contributed by atoms with Crippen molar-refractivity contribution in [2.24, 2.45) is 5.92 Å². The number of hydrogen-bond donors (Lipinski definition) is 2. The van der Waals surface area contributed by atoms with E-state index < -0.39 is 0 Å². The molecule has 3 atom stereocenters. The van der Waals surface area contributed by atoms with Crippen LogP contribution in [0.1, 0.15) is 47.0 Å². The Kier molecular flexibility index (Phi) is 12.2. The van der Waals surface area contributed by atoms with E-state index in [1.807, 2.05) is 0 Å². The largest absolute Gasteiger partial charge is 0.462 e. The molecule has 0 aliphatic heterocycles. The predicted molar refractivity (Wildman–Crippen MR) is 120 cm³/mol. The molecule has 0 aromatic carbocycles. The Bertz CT molecular complexity index is 653. The maximum absolute atomic E-state index is 11.4. The lowest BCUT2D eigenvalue weighted by atomic mass is 9.87. The quantitative estimate of drug-likeness (QED) is 0.350. The molecule has 2 rings (SSSR count). The highest BCUT2D eigenvalue weighted by Crippen LogP contribution is 2.37. The zero-order valence-corrected chi connectivity index (χ0v) is 19.7. The standard InChI is InChI=1S/C13H18N2O3S3.C6H15N/c1-7(2)11(17)18-6-8-3-4-9(16)10(5-8)20-13-15-14-12(19)21-13;1-4-7(5-2)6-3/h8-10,16H,1,3-6H2,2H3,(H,14,19);4-6H2,1-3H3. The summed E-state index contributed by atoms with van der Waals surface area (Å²) in [5.74, 6) is -0.0864. The number of nitrogens with zero attached hydrogens (tertiary/aromatic N) is 2. The number of esters is 1. The van der Waals surface area contributed by atoms with Gasteiger partial charge >= 0.3 is 5.97 Å². The normalized spacial score (nSPS) is 21.7. The number of nitrogens with one attached hydrogen (secondary N) is 1. The van der Waals surface area contributed by atoms with Gasteiger partial charge in [0.25, 0.3) is 0 Å². The zero-order valence-electron chi connectivity index (χ0n) is 17.3. The molecule has 1 aliphatic rings. The van der Waals surface area contributed by atoms with Crippen LogP contribution in [0, 0.1) is 9.87 Å². The molecule has 1 saturated carbocycles. The van der Waals surface area contributed by atoms with Gasteiger partial charge in [0.2, 0.25) is 0 Å². The topological polar surface area (TPSA) is 78.5 Å². The molecule has 6 nitrogen and oxygen atoms in total. The fourth-order valence-corrected chi connectivity index (χ4v) is 5.47. The summed E-state index contributed by atoms with van der Waals surface area (Å²) in [6.45, 7) is 15.7. The van der Waals surface area contributed by atoms with E-state index in [-0.39, 0.29) is 23.2 Å². The molecule has 1 aromatic heterocycles. The summed E-state index contributed by atoms with van der Waals surface area (Å²) in [5, 5.41) is 17.0. The van der Waals surface area contributed by atoms with E-state index in [4.69, 9.17) is 17.0 Å². The molecule has 0 bridgehead atoms. The Morgan fingerprint density at radius 1 is 1.39 bits per heavy atom. The van der Waals surface area contributed by atoms with E-state index in [1.165, 1.54) is 42.7 Å². The summed E-state index contributed by atoms with van der Waals surface area (Å²) >= 11 is 7.96. The van der Waals surface area contributed by atoms with Crippen molar-refractivity contribution in [1.82, 2.24) is 15.1 Å². The second-order valence-corrected chi connectivity index (χ2v) is 9.93. The molecular weight excluding hydrogens is 414 g/mol. The van der Waals surface area contributed by atoms with E-state index in [0.29, 0.717) is 22.6 Å². The Labute approximate surface area is 181 Å². The third-order valence-corrected chi connectivity index (χ3v) is 7.20. The maximum atomic E-state index is 11.4. The molecule has 0 radical (unpaired) electrons. The van der Waals surface area contributed by atoms with Gasteiger partial charge in [-0.25, -0.2) is 4.79 Å². The summed E-state index contributed by atoms with van der Waals surface area (Å²) < 4.78 is 6.69. The van der Waals surface area contributed by atoms with Crippen LogP contribution in [0.2, 0.25) is 0 Å². The number of aliphatic hydroxyl groups excluding tert-OH is 1. The molecule has 1 aromatic rings. The van der Waals surface area contributed by atoms with Gasteiger partial charge < -0.3 is 14.7 Å². The first kappa shape index (κ1) is 25.3. The van der Waals surface area contributed by atoms with Crippen LogP contribution < -0.4 is 0 Å². The number of carbonyl (C=O) groups excluding carboxylic acids is 1. The van der Waals surface area contributed by atoms with Gasteiger partial charge in [-0.15, -0.1) is 0 Å². The number of H-pyrrole nitrogens is 1. The van der Waals surface area contributed by atoms with Crippen LogP contribution in [-0.4, -0.2) is 63.8 Å². The van der Waals surface area contributed by atoms with E-state index >= 15 is 0 Å². The molecular formula is C19H33N3O3S3. The van der Waals surface area contributed by atoms with Crippen LogP contribution >= 0.6 is 35.3 Å². The Morgan fingerprint density at radius 3 is 2.50 bits per heavy atom. The number of thioether (sulfide) groups is 1. The molecule has 28 heavy (non-hydrogen) atoms. The average molecular weight is 448 g/mol. The third kappa shape index (κ3) is 9.17. The number of aromatic amines is 1. The lowest BCUT2D eigenvalue weighted by Gasteiger charge is -2.31. The first-order chi connectivity index (χ1) is 13.3. The van der Waals surface area contributed by atoms with Gasteiger partial charge in [0.15, 0.2) is 8.29 Å². The summed E-state index contributed by atoms with van der Waals surface area (Å²) in [6.07, 6.45) is 2.00. The molecule has 3 unspecified atom stereocenters. The highest BCUT2D eigenvalue weighted by Gasteiger charge is 2.31. The third-order valence-electron chi connectivity index (χ3n) is 4.68. The first-order valence-corrected chi connectivity index (χ1v) is 11.9. The van der Waals surface area contributed by atoms with Crippen LogP contribution in [-0.2, 0) is 9.53 Å². The number of rotatable bonds is 8. The molecule has 0 amide bonds. The van der Waals surface area contributed by atoms with E-state index in [9.17, 15) is 9.90 Å². The van der Waals surface area contributed by atoms with Gasteiger partial charge in [0, 0.05) is 10.8 Å². The molecule has 0 saturated heterocycles. The number of hydrogen-bond acceptors (Lipinski definition) is 8. The minimum absolute atomic E-state index is 0.0567. The molecule has 1 heterocycles. The SMILES string of the molecule is C=C(C)C(=O)OCC1CCC(O)C(Sc2n[nH]c(=S)s2)C1.CCN(CC)CC. The van der Waals surface area contributed by atoms with Gasteiger partial charge in [0.05, 0.1) is 12.7 Å². The van der Waals surface area contributed by atoms with Crippen molar-refractivity contribution < 1.29 is 14.6 Å². The van der Waals surface area contributed by atoms with Crippen LogP contribution in [0.5, 0.6) is 0 Å². The summed E-state index contributed by atoms with van der Waals surface area (Å²) in [4.78, 5) is 13.8. The minimum atomic E-state index is -0.361. The molecule has 0 spiro atoms. The van der Waals surface area contributed by atoms with Gasteiger partial charge in [-0.1, -0.05) is 50.4 Å². The number of aromatic nitrogens is 2.